The van der Waals surface area contributed by atoms with Crippen LogP contribution in [0.15, 0.2) is 18.2 Å². The number of carbonyl (C=O) groups is 4. The summed E-state index contributed by atoms with van der Waals surface area (Å²) >= 11 is 0. The number of nitrogens with zero attached hydrogens (tertiary/aromatic N) is 1. The highest BCUT2D eigenvalue weighted by molar-refractivity contribution is 6.07. The molecule has 9 heteroatoms. The van der Waals surface area contributed by atoms with Crippen molar-refractivity contribution in [1.29, 1.82) is 0 Å². The highest BCUT2D eigenvalue weighted by atomic mass is 16.7. The average Bonchev–Trinajstić information content (AvgIpc) is 3.32. The maximum absolute atomic E-state index is 12.6. The van der Waals surface area contributed by atoms with Gasteiger partial charge in [-0.1, -0.05) is 18.9 Å². The highest BCUT2D eigenvalue weighted by Crippen LogP contribution is 2.39. The molecule has 2 heterocycles. The summed E-state index contributed by atoms with van der Waals surface area (Å²) in [6.45, 7) is 1.37. The third-order valence-corrected chi connectivity index (χ3v) is 5.88. The molecular weight excluding hydrogens is 392 g/mol. The van der Waals surface area contributed by atoms with E-state index in [1.165, 1.54) is 6.92 Å². The number of fused-ring (bicyclic) bond motifs is 2. The molecule has 1 saturated carbocycles. The van der Waals surface area contributed by atoms with Gasteiger partial charge in [-0.25, -0.2) is 4.79 Å². The number of rotatable bonds is 6. The third-order valence-electron chi connectivity index (χ3n) is 5.88. The summed E-state index contributed by atoms with van der Waals surface area (Å²) in [6, 6.07) is 4.28. The minimum Gasteiger partial charge on any atom is -0.454 e. The Labute approximate surface area is 173 Å². The number of benzene rings is 1. The van der Waals surface area contributed by atoms with Crippen LogP contribution in [0.4, 0.5) is 0 Å². The van der Waals surface area contributed by atoms with Crippen molar-refractivity contribution in [3.63, 3.8) is 0 Å². The summed E-state index contributed by atoms with van der Waals surface area (Å²) in [5.74, 6) is -1.25. The predicted molar refractivity (Wildman–Crippen MR) is 102 cm³/mol. The van der Waals surface area contributed by atoms with Crippen LogP contribution in [0.1, 0.15) is 38.2 Å². The number of imide groups is 1. The van der Waals surface area contributed by atoms with E-state index in [9.17, 15) is 19.2 Å². The van der Waals surface area contributed by atoms with Crippen molar-refractivity contribution in [3.05, 3.63) is 23.8 Å². The Morgan fingerprint density at radius 1 is 1.13 bits per heavy atom. The fourth-order valence-corrected chi connectivity index (χ4v) is 4.23. The molecule has 0 radical (unpaired) electrons. The molecule has 0 aromatic heterocycles. The maximum Gasteiger partial charge on any atom is 0.329 e. The van der Waals surface area contributed by atoms with Crippen molar-refractivity contribution in [2.75, 3.05) is 13.4 Å². The van der Waals surface area contributed by atoms with Crippen LogP contribution >= 0.6 is 0 Å². The molecule has 1 aromatic rings. The molecule has 3 amide bonds. The summed E-state index contributed by atoms with van der Waals surface area (Å²) < 4.78 is 15.6. The zero-order chi connectivity index (χ0) is 21.3. The largest absolute Gasteiger partial charge is 0.454 e. The molecule has 160 valence electrons. The van der Waals surface area contributed by atoms with Crippen LogP contribution in [0.3, 0.4) is 0 Å². The van der Waals surface area contributed by atoms with Crippen LogP contribution in [-0.4, -0.2) is 48.0 Å². The zero-order valence-corrected chi connectivity index (χ0v) is 16.7. The molecule has 3 atom stereocenters. The molecule has 1 aliphatic carbocycles. The SMILES string of the molecule is C[C@@H](C(=O)OCC(=O)NCc1ccc2c(c1)OCO2)N1C(=O)[C@H]2CCCC[C@H]2C1=O. The molecule has 2 aliphatic heterocycles. The molecule has 1 aromatic carbocycles. The number of hydrogen-bond donors (Lipinski definition) is 1. The van der Waals surface area contributed by atoms with Gasteiger partial charge in [-0.05, 0) is 37.5 Å². The van der Waals surface area contributed by atoms with Crippen molar-refractivity contribution in [2.45, 2.75) is 45.2 Å². The highest BCUT2D eigenvalue weighted by Gasteiger charge is 2.51. The number of nitrogens with one attached hydrogen (secondary N) is 1. The van der Waals surface area contributed by atoms with Gasteiger partial charge in [-0.15, -0.1) is 0 Å². The Hall–Kier alpha value is -3.10. The third kappa shape index (κ3) is 3.83. The van der Waals surface area contributed by atoms with Gasteiger partial charge in [-0.2, -0.15) is 0 Å². The van der Waals surface area contributed by atoms with E-state index in [-0.39, 0.29) is 37.0 Å². The number of ether oxygens (including phenoxy) is 3. The van der Waals surface area contributed by atoms with Crippen molar-refractivity contribution in [1.82, 2.24) is 10.2 Å². The lowest BCUT2D eigenvalue weighted by atomic mass is 9.81. The van der Waals surface area contributed by atoms with Crippen molar-refractivity contribution in [3.8, 4) is 11.5 Å². The zero-order valence-electron chi connectivity index (χ0n) is 16.7. The Morgan fingerprint density at radius 3 is 2.50 bits per heavy atom. The van der Waals surface area contributed by atoms with Crippen LogP contribution in [-0.2, 0) is 30.5 Å². The van der Waals surface area contributed by atoms with Crippen molar-refractivity contribution in [2.24, 2.45) is 11.8 Å². The normalized spacial score (nSPS) is 23.2. The van der Waals surface area contributed by atoms with Gasteiger partial charge in [0, 0.05) is 6.54 Å². The number of esters is 1. The first-order chi connectivity index (χ1) is 14.5. The minimum atomic E-state index is -1.04. The smallest absolute Gasteiger partial charge is 0.329 e. The molecule has 2 fully saturated rings. The van der Waals surface area contributed by atoms with E-state index in [0.29, 0.717) is 24.3 Å². The fraction of sp³-hybridized carbons (Fsp3) is 0.524. The van der Waals surface area contributed by atoms with E-state index in [1.807, 2.05) is 0 Å². The molecule has 0 spiro atoms. The predicted octanol–water partition coefficient (Wildman–Crippen LogP) is 1.14. The van der Waals surface area contributed by atoms with E-state index >= 15 is 0 Å². The lowest BCUT2D eigenvalue weighted by Gasteiger charge is -2.21. The van der Waals surface area contributed by atoms with E-state index in [0.717, 1.165) is 23.3 Å². The second-order valence-electron chi connectivity index (χ2n) is 7.79. The van der Waals surface area contributed by atoms with Crippen LogP contribution < -0.4 is 14.8 Å². The van der Waals surface area contributed by atoms with Gasteiger partial charge in [0.1, 0.15) is 6.04 Å². The van der Waals surface area contributed by atoms with Gasteiger partial charge >= 0.3 is 5.97 Å². The minimum absolute atomic E-state index is 0.169. The van der Waals surface area contributed by atoms with E-state index in [1.54, 1.807) is 18.2 Å². The maximum atomic E-state index is 12.6. The Bertz CT molecular complexity index is 860. The summed E-state index contributed by atoms with van der Waals surface area (Å²) in [4.78, 5) is 50.6. The Balaban J connectivity index is 1.26. The Kier molecular flexibility index (Phi) is 5.61. The van der Waals surface area contributed by atoms with Gasteiger partial charge in [0.2, 0.25) is 18.6 Å². The van der Waals surface area contributed by atoms with Crippen molar-refractivity contribution >= 4 is 23.7 Å². The first-order valence-corrected chi connectivity index (χ1v) is 10.1. The summed E-state index contributed by atoms with van der Waals surface area (Å²) in [6.07, 6.45) is 3.18. The first-order valence-electron chi connectivity index (χ1n) is 10.1. The lowest BCUT2D eigenvalue weighted by Crippen LogP contribution is -2.45. The molecule has 1 saturated heterocycles. The van der Waals surface area contributed by atoms with E-state index < -0.39 is 24.5 Å². The van der Waals surface area contributed by atoms with Gasteiger partial charge in [0.25, 0.3) is 5.91 Å². The molecule has 0 unspecified atom stereocenters. The second-order valence-corrected chi connectivity index (χ2v) is 7.79. The van der Waals surface area contributed by atoms with Gasteiger partial charge in [0.05, 0.1) is 11.8 Å². The number of amides is 3. The van der Waals surface area contributed by atoms with Gasteiger partial charge in [0.15, 0.2) is 18.1 Å². The Morgan fingerprint density at radius 2 is 1.80 bits per heavy atom. The standard InChI is InChI=1S/C21H24N2O7/c1-12(23-19(25)14-4-2-3-5-15(14)20(23)26)21(27)28-10-18(24)22-9-13-6-7-16-17(8-13)30-11-29-16/h6-8,12,14-15H,2-5,9-11H2,1H3,(H,22,24)/t12-,14-,15+/m0/s1. The molecule has 0 bridgehead atoms. The van der Waals surface area contributed by atoms with Crippen LogP contribution in [0.25, 0.3) is 0 Å². The molecule has 1 N–H and O–H groups in total. The van der Waals surface area contributed by atoms with E-state index in [2.05, 4.69) is 5.32 Å². The van der Waals surface area contributed by atoms with Crippen LogP contribution in [0, 0.1) is 11.8 Å². The van der Waals surface area contributed by atoms with E-state index in [4.69, 9.17) is 14.2 Å². The number of carbonyl (C=O) groups excluding carboxylic acids is 4. The molecule has 3 aliphatic rings. The topological polar surface area (TPSA) is 111 Å². The quantitative estimate of drug-likeness (QED) is 0.547. The van der Waals surface area contributed by atoms with Gasteiger partial charge in [-0.3, -0.25) is 19.3 Å². The molecule has 4 rings (SSSR count). The molecule has 30 heavy (non-hydrogen) atoms. The summed E-state index contributed by atoms with van der Waals surface area (Å²) in [5, 5.41) is 2.65. The monoisotopic (exact) mass is 416 g/mol. The molecule has 9 nitrogen and oxygen atoms in total. The average molecular weight is 416 g/mol. The summed E-state index contributed by atoms with van der Waals surface area (Å²) in [7, 11) is 0. The van der Waals surface area contributed by atoms with Crippen LogP contribution in [0.5, 0.6) is 11.5 Å². The fourth-order valence-electron chi connectivity index (χ4n) is 4.23. The lowest BCUT2D eigenvalue weighted by molar-refractivity contribution is -0.159. The van der Waals surface area contributed by atoms with Crippen LogP contribution in [0.2, 0.25) is 0 Å². The number of hydrogen-bond acceptors (Lipinski definition) is 7. The summed E-state index contributed by atoms with van der Waals surface area (Å²) in [5.41, 5.74) is 0.808. The second kappa shape index (κ2) is 8.33. The first kappa shape index (κ1) is 20.2. The molecular formula is C21H24N2O7. The van der Waals surface area contributed by atoms with Gasteiger partial charge < -0.3 is 19.5 Å². The van der Waals surface area contributed by atoms with Crippen molar-refractivity contribution < 1.29 is 33.4 Å². The number of likely N-dealkylation sites (tertiary alicyclic amines) is 1.